The van der Waals surface area contributed by atoms with E-state index in [1.165, 1.54) is 18.4 Å². The molecule has 1 amide bonds. The Morgan fingerprint density at radius 3 is 2.91 bits per heavy atom. The van der Waals surface area contributed by atoms with Crippen molar-refractivity contribution in [2.75, 3.05) is 18.0 Å². The van der Waals surface area contributed by atoms with E-state index in [2.05, 4.69) is 30.3 Å². The highest BCUT2D eigenvalue weighted by atomic mass is 16.2. The summed E-state index contributed by atoms with van der Waals surface area (Å²) in [6.07, 6.45) is 9.33. The van der Waals surface area contributed by atoms with Crippen molar-refractivity contribution in [3.63, 3.8) is 0 Å². The van der Waals surface area contributed by atoms with Gasteiger partial charge in [0.15, 0.2) is 0 Å². The van der Waals surface area contributed by atoms with Gasteiger partial charge in [-0.2, -0.15) is 5.10 Å². The Morgan fingerprint density at radius 2 is 2.23 bits per heavy atom. The van der Waals surface area contributed by atoms with Crippen molar-refractivity contribution in [3.05, 3.63) is 24.0 Å². The first-order valence-electron chi connectivity index (χ1n) is 8.26. The second kappa shape index (κ2) is 6.24. The van der Waals surface area contributed by atoms with E-state index in [0.717, 1.165) is 25.2 Å². The van der Waals surface area contributed by atoms with Gasteiger partial charge in [-0.1, -0.05) is 18.6 Å². The third-order valence-corrected chi connectivity index (χ3v) is 5.15. The van der Waals surface area contributed by atoms with Crippen molar-refractivity contribution in [2.45, 2.75) is 39.2 Å². The summed E-state index contributed by atoms with van der Waals surface area (Å²) in [5, 5.41) is 7.66. The minimum absolute atomic E-state index is 0.0536. The maximum absolute atomic E-state index is 12.6. The number of rotatable bonds is 4. The van der Waals surface area contributed by atoms with Crippen molar-refractivity contribution in [2.24, 2.45) is 18.9 Å². The van der Waals surface area contributed by atoms with Crippen LogP contribution in [-0.2, 0) is 11.8 Å². The molecule has 3 atom stereocenters. The maximum Gasteiger partial charge on any atom is 0.244 e. The summed E-state index contributed by atoms with van der Waals surface area (Å²) >= 11 is 0. The molecule has 1 aliphatic heterocycles. The molecule has 5 nitrogen and oxygen atoms in total. The fraction of sp³-hybridized carbons (Fsp3) is 0.647. The van der Waals surface area contributed by atoms with Crippen LogP contribution < -0.4 is 10.2 Å². The second-order valence-corrected chi connectivity index (χ2v) is 6.72. The molecular formula is C17H26N4O. The fourth-order valence-corrected chi connectivity index (χ4v) is 3.68. The quantitative estimate of drug-likeness (QED) is 0.867. The lowest BCUT2D eigenvalue weighted by molar-refractivity contribution is -0.118. The lowest BCUT2D eigenvalue weighted by atomic mass is 9.80. The SMILES string of the molecule is CC1=CCC[C@H](C)[C@H]1CN[C@H]1CCN(c2cnn(C)c2)C1=O. The van der Waals surface area contributed by atoms with Crippen LogP contribution in [0.5, 0.6) is 0 Å². The van der Waals surface area contributed by atoms with Crippen LogP contribution in [0.15, 0.2) is 24.0 Å². The summed E-state index contributed by atoms with van der Waals surface area (Å²) in [6, 6.07) is -0.0536. The molecule has 1 fully saturated rings. The first-order chi connectivity index (χ1) is 10.6. The number of allylic oxidation sites excluding steroid dienone is 1. The van der Waals surface area contributed by atoms with Crippen LogP contribution in [-0.4, -0.2) is 34.8 Å². The fourth-order valence-electron chi connectivity index (χ4n) is 3.68. The van der Waals surface area contributed by atoms with Crippen LogP contribution in [0.25, 0.3) is 0 Å². The number of aryl methyl sites for hydroxylation is 1. The number of aromatic nitrogens is 2. The highest BCUT2D eigenvalue weighted by molar-refractivity contribution is 5.99. The molecule has 0 bridgehead atoms. The molecule has 0 aromatic carbocycles. The summed E-state index contributed by atoms with van der Waals surface area (Å²) < 4.78 is 1.74. The van der Waals surface area contributed by atoms with E-state index < -0.39 is 0 Å². The summed E-state index contributed by atoms with van der Waals surface area (Å²) in [5.41, 5.74) is 2.37. The molecule has 3 rings (SSSR count). The molecule has 0 spiro atoms. The second-order valence-electron chi connectivity index (χ2n) is 6.72. The van der Waals surface area contributed by atoms with Gasteiger partial charge in [0, 0.05) is 26.3 Å². The molecule has 22 heavy (non-hydrogen) atoms. The van der Waals surface area contributed by atoms with Crippen LogP contribution in [0.2, 0.25) is 0 Å². The van der Waals surface area contributed by atoms with Crippen molar-refractivity contribution >= 4 is 11.6 Å². The predicted molar refractivity (Wildman–Crippen MR) is 87.6 cm³/mol. The van der Waals surface area contributed by atoms with E-state index in [1.807, 2.05) is 18.1 Å². The van der Waals surface area contributed by atoms with E-state index >= 15 is 0 Å². The predicted octanol–water partition coefficient (Wildman–Crippen LogP) is 2.11. The normalized spacial score (nSPS) is 29.0. The molecule has 5 heteroatoms. The largest absolute Gasteiger partial charge is 0.308 e. The van der Waals surface area contributed by atoms with E-state index in [0.29, 0.717) is 11.8 Å². The summed E-state index contributed by atoms with van der Waals surface area (Å²) in [4.78, 5) is 14.4. The number of nitrogens with zero attached hydrogens (tertiary/aromatic N) is 3. The lowest BCUT2D eigenvalue weighted by Gasteiger charge is -2.30. The van der Waals surface area contributed by atoms with Crippen LogP contribution in [0.1, 0.15) is 33.1 Å². The molecule has 0 saturated carbocycles. The van der Waals surface area contributed by atoms with Gasteiger partial charge in [0.1, 0.15) is 0 Å². The lowest BCUT2D eigenvalue weighted by Crippen LogP contribution is -2.42. The summed E-state index contributed by atoms with van der Waals surface area (Å²) in [5.74, 6) is 1.44. The van der Waals surface area contributed by atoms with Gasteiger partial charge in [0.05, 0.1) is 17.9 Å². The standard InChI is InChI=1S/C17H26N4O/c1-12-5-4-6-13(2)15(12)10-18-16-7-8-21(17(16)22)14-9-19-20(3)11-14/h5,9,11,13,15-16,18H,4,6-8,10H2,1-3H3/t13-,15-,16-/m0/s1. The van der Waals surface area contributed by atoms with Crippen molar-refractivity contribution in [1.82, 2.24) is 15.1 Å². The number of carbonyl (C=O) groups excluding carboxylic acids is 1. The number of anilines is 1. The van der Waals surface area contributed by atoms with E-state index in [9.17, 15) is 4.79 Å². The number of hydrogen-bond acceptors (Lipinski definition) is 3. The van der Waals surface area contributed by atoms with Gasteiger partial charge in [0.25, 0.3) is 0 Å². The zero-order valence-corrected chi connectivity index (χ0v) is 13.7. The van der Waals surface area contributed by atoms with E-state index in [-0.39, 0.29) is 11.9 Å². The maximum atomic E-state index is 12.6. The van der Waals surface area contributed by atoms with E-state index in [4.69, 9.17) is 0 Å². The number of carbonyl (C=O) groups is 1. The first kappa shape index (κ1) is 15.3. The van der Waals surface area contributed by atoms with Crippen LogP contribution in [0.3, 0.4) is 0 Å². The Hall–Kier alpha value is -1.62. The van der Waals surface area contributed by atoms with Gasteiger partial charge in [-0.25, -0.2) is 0 Å². The van der Waals surface area contributed by atoms with Gasteiger partial charge in [-0.15, -0.1) is 0 Å². The number of amides is 1. The molecule has 1 N–H and O–H groups in total. The highest BCUT2D eigenvalue weighted by Gasteiger charge is 2.34. The van der Waals surface area contributed by atoms with Gasteiger partial charge < -0.3 is 10.2 Å². The molecule has 1 aliphatic carbocycles. The monoisotopic (exact) mass is 302 g/mol. The zero-order valence-electron chi connectivity index (χ0n) is 13.7. The summed E-state index contributed by atoms with van der Waals surface area (Å²) in [6.45, 7) is 6.22. The highest BCUT2D eigenvalue weighted by Crippen LogP contribution is 2.30. The minimum Gasteiger partial charge on any atom is -0.308 e. The van der Waals surface area contributed by atoms with Gasteiger partial charge in [-0.05, 0) is 38.0 Å². The van der Waals surface area contributed by atoms with Gasteiger partial charge >= 0.3 is 0 Å². The van der Waals surface area contributed by atoms with E-state index in [1.54, 1.807) is 10.9 Å². The van der Waals surface area contributed by atoms with Crippen molar-refractivity contribution < 1.29 is 4.79 Å². The Labute approximate surface area is 132 Å². The average Bonchev–Trinajstić information content (AvgIpc) is 3.05. The smallest absolute Gasteiger partial charge is 0.244 e. The molecule has 1 aromatic rings. The third-order valence-electron chi connectivity index (χ3n) is 5.15. The Balaban J connectivity index is 1.59. The Bertz CT molecular complexity index is 577. The molecule has 2 aliphatic rings. The topological polar surface area (TPSA) is 50.2 Å². The number of hydrogen-bond donors (Lipinski definition) is 1. The molecular weight excluding hydrogens is 276 g/mol. The Morgan fingerprint density at radius 1 is 1.41 bits per heavy atom. The molecule has 2 heterocycles. The Kier molecular flexibility index (Phi) is 4.34. The molecule has 0 unspecified atom stereocenters. The van der Waals surface area contributed by atoms with Crippen molar-refractivity contribution in [3.8, 4) is 0 Å². The molecule has 120 valence electrons. The van der Waals surface area contributed by atoms with Gasteiger partial charge in [0.2, 0.25) is 5.91 Å². The molecule has 1 aromatic heterocycles. The van der Waals surface area contributed by atoms with Crippen LogP contribution >= 0.6 is 0 Å². The zero-order chi connectivity index (χ0) is 15.7. The van der Waals surface area contributed by atoms with Crippen molar-refractivity contribution in [1.29, 1.82) is 0 Å². The first-order valence-corrected chi connectivity index (χ1v) is 8.26. The molecule has 1 saturated heterocycles. The molecule has 0 radical (unpaired) electrons. The summed E-state index contributed by atoms with van der Waals surface area (Å²) in [7, 11) is 1.87. The average molecular weight is 302 g/mol. The number of nitrogens with one attached hydrogen (secondary N) is 1. The third kappa shape index (κ3) is 2.95. The van der Waals surface area contributed by atoms with Gasteiger partial charge in [-0.3, -0.25) is 9.48 Å². The minimum atomic E-state index is -0.0536. The van der Waals surface area contributed by atoms with Crippen LogP contribution in [0.4, 0.5) is 5.69 Å². The van der Waals surface area contributed by atoms with Crippen LogP contribution in [0, 0.1) is 11.8 Å².